The molecule has 9 nitrogen and oxygen atoms in total. The van der Waals surface area contributed by atoms with Crippen molar-refractivity contribution in [3.8, 4) is 11.1 Å². The van der Waals surface area contributed by atoms with E-state index >= 15 is 0 Å². The van der Waals surface area contributed by atoms with Gasteiger partial charge in [-0.1, -0.05) is 59.1 Å². The molecule has 3 aromatic rings. The predicted octanol–water partition coefficient (Wildman–Crippen LogP) is 6.54. The number of carbonyl (C=O) groups excluding carboxylic acids is 2. The number of sulfonamides is 1. The highest BCUT2D eigenvalue weighted by molar-refractivity contribution is 7.97. The van der Waals surface area contributed by atoms with Gasteiger partial charge in [-0.25, -0.2) is 8.42 Å². The Bertz CT molecular complexity index is 1780. The zero-order valence-corrected chi connectivity index (χ0v) is 25.4. The zero-order chi connectivity index (χ0) is 29.9. The van der Waals surface area contributed by atoms with E-state index < -0.39 is 15.9 Å². The number of para-hydroxylation sites is 1. The molecule has 0 aromatic heterocycles. The fraction of sp³-hybridized carbons (Fsp3) is 0.0714. The number of carbonyl (C=O) groups is 2. The molecule has 4 N–H and O–H groups in total. The Morgan fingerprint density at radius 1 is 0.952 bits per heavy atom. The van der Waals surface area contributed by atoms with Gasteiger partial charge in [-0.05, 0) is 54.1 Å². The van der Waals surface area contributed by atoms with Crippen molar-refractivity contribution in [3.05, 3.63) is 116 Å². The summed E-state index contributed by atoms with van der Waals surface area (Å²) in [5, 5.41) is 6.58. The summed E-state index contributed by atoms with van der Waals surface area (Å²) in [5.41, 5.74) is 2.58. The fourth-order valence-electron chi connectivity index (χ4n) is 4.17. The highest BCUT2D eigenvalue weighted by Crippen LogP contribution is 2.35. The van der Waals surface area contributed by atoms with Crippen LogP contribution in [0.15, 0.2) is 95.8 Å². The van der Waals surface area contributed by atoms with Crippen LogP contribution in [0.4, 0.5) is 11.4 Å². The van der Waals surface area contributed by atoms with Crippen molar-refractivity contribution < 1.29 is 18.0 Å². The third-order valence-electron chi connectivity index (χ3n) is 6.14. The van der Waals surface area contributed by atoms with Gasteiger partial charge in [-0.2, -0.15) is 0 Å². The van der Waals surface area contributed by atoms with Crippen LogP contribution in [0.2, 0.25) is 15.1 Å². The summed E-state index contributed by atoms with van der Waals surface area (Å²) in [7, 11) is -4.09. The van der Waals surface area contributed by atoms with Crippen LogP contribution < -0.4 is 20.1 Å². The van der Waals surface area contributed by atoms with Gasteiger partial charge in [0, 0.05) is 41.6 Å². The minimum atomic E-state index is -4.09. The number of nitrogens with one attached hydrogen (secondary N) is 4. The van der Waals surface area contributed by atoms with Gasteiger partial charge in [0.2, 0.25) is 5.91 Å². The molecule has 5 rings (SSSR count). The maximum atomic E-state index is 13.3. The summed E-state index contributed by atoms with van der Waals surface area (Å²) in [6, 6.07) is 16.7. The number of benzene rings is 3. The molecule has 0 fully saturated rings. The molecule has 216 valence electrons. The van der Waals surface area contributed by atoms with E-state index in [1.165, 1.54) is 36.4 Å². The first-order valence-corrected chi connectivity index (χ1v) is 15.8. The standard InChI is InChI=1S/C28H22Cl3N5O4S2/c29-18-8-9-20(24(15-18)35-42(39,40)26-6-3-13-36-25(26)16-33-41-36)28(38)32-12-11-27(37)34-23-5-2-1-4-19(23)17-7-10-21(30)22(31)14-17/h1-10,13-16,33,35H,11-12H2,(H,32,38)(H,34,37). The summed E-state index contributed by atoms with van der Waals surface area (Å²) < 4.78 is 33.6. The van der Waals surface area contributed by atoms with Crippen molar-refractivity contribution in [2.24, 2.45) is 0 Å². The van der Waals surface area contributed by atoms with Gasteiger partial charge in [0.15, 0.2) is 0 Å². The van der Waals surface area contributed by atoms with E-state index in [0.717, 1.165) is 11.1 Å². The lowest BCUT2D eigenvalue weighted by atomic mass is 10.0. The van der Waals surface area contributed by atoms with Crippen molar-refractivity contribution in [1.29, 1.82) is 0 Å². The van der Waals surface area contributed by atoms with Crippen molar-refractivity contribution in [2.75, 3.05) is 16.6 Å². The van der Waals surface area contributed by atoms with Crippen LogP contribution in [0.3, 0.4) is 0 Å². The van der Waals surface area contributed by atoms with Gasteiger partial charge in [0.25, 0.3) is 15.9 Å². The number of amides is 2. The fourth-order valence-corrected chi connectivity index (χ4v) is 6.61. The molecule has 0 aliphatic carbocycles. The van der Waals surface area contributed by atoms with E-state index in [4.69, 9.17) is 34.8 Å². The summed E-state index contributed by atoms with van der Waals surface area (Å²) in [4.78, 5) is 25.8. The van der Waals surface area contributed by atoms with Crippen LogP contribution in [0, 0.1) is 0 Å². The Balaban J connectivity index is 1.24. The first-order valence-electron chi connectivity index (χ1n) is 12.4. The molecule has 0 atom stereocenters. The number of allylic oxidation sites excluding steroid dienone is 2. The van der Waals surface area contributed by atoms with Crippen LogP contribution in [-0.2, 0) is 14.8 Å². The summed E-state index contributed by atoms with van der Waals surface area (Å²) >= 11 is 19.6. The SMILES string of the molecule is O=C(CCNC(=O)c1ccc(Cl)cc1NS(=O)(=O)C1=CC=CN2SNC=C12)Nc1ccccc1-c1ccc(Cl)c(Cl)c1. The predicted molar refractivity (Wildman–Crippen MR) is 169 cm³/mol. The first kappa shape index (κ1) is 29.9. The van der Waals surface area contributed by atoms with Crippen molar-refractivity contribution >= 4 is 80.1 Å². The molecule has 0 saturated heterocycles. The molecule has 3 aromatic carbocycles. The van der Waals surface area contributed by atoms with E-state index in [1.54, 1.807) is 53.1 Å². The lowest BCUT2D eigenvalue weighted by Crippen LogP contribution is -2.29. The molecule has 0 spiro atoms. The Morgan fingerprint density at radius 2 is 1.76 bits per heavy atom. The van der Waals surface area contributed by atoms with Crippen LogP contribution in [0.25, 0.3) is 11.1 Å². The first-order chi connectivity index (χ1) is 20.1. The van der Waals surface area contributed by atoms with E-state index in [2.05, 4.69) is 20.1 Å². The molecule has 2 aliphatic heterocycles. The zero-order valence-electron chi connectivity index (χ0n) is 21.5. The molecule has 0 bridgehead atoms. The molecule has 2 heterocycles. The van der Waals surface area contributed by atoms with E-state index in [0.29, 0.717) is 21.4 Å². The summed E-state index contributed by atoms with van der Waals surface area (Å²) in [6.07, 6.45) is 6.31. The summed E-state index contributed by atoms with van der Waals surface area (Å²) in [6.45, 7) is -0.00485. The molecular weight excluding hydrogens is 641 g/mol. The largest absolute Gasteiger partial charge is 0.351 e. The number of fused-ring (bicyclic) bond motifs is 1. The second-order valence-electron chi connectivity index (χ2n) is 8.96. The van der Waals surface area contributed by atoms with Gasteiger partial charge >= 0.3 is 0 Å². The van der Waals surface area contributed by atoms with Gasteiger partial charge in [-0.3, -0.25) is 18.6 Å². The number of halogens is 3. The highest BCUT2D eigenvalue weighted by Gasteiger charge is 2.30. The van der Waals surface area contributed by atoms with Crippen molar-refractivity contribution in [1.82, 2.24) is 14.3 Å². The Labute approximate surface area is 261 Å². The normalized spacial score (nSPS) is 13.9. The topological polar surface area (TPSA) is 120 Å². The second-order valence-corrected chi connectivity index (χ2v) is 12.7. The number of hydrogen-bond acceptors (Lipinski definition) is 7. The molecule has 0 unspecified atom stereocenters. The van der Waals surface area contributed by atoms with Crippen LogP contribution >= 0.6 is 46.9 Å². The maximum Gasteiger partial charge on any atom is 0.264 e. The smallest absolute Gasteiger partial charge is 0.264 e. The average Bonchev–Trinajstić information content (AvgIpc) is 3.44. The van der Waals surface area contributed by atoms with Crippen LogP contribution in [-0.4, -0.2) is 31.1 Å². The molecule has 2 aliphatic rings. The molecule has 14 heteroatoms. The molecule has 0 saturated carbocycles. The van der Waals surface area contributed by atoms with E-state index in [-0.39, 0.29) is 40.1 Å². The van der Waals surface area contributed by atoms with Gasteiger partial charge in [-0.15, -0.1) is 0 Å². The van der Waals surface area contributed by atoms with Crippen molar-refractivity contribution in [3.63, 3.8) is 0 Å². The van der Waals surface area contributed by atoms with Crippen LogP contribution in [0.1, 0.15) is 16.8 Å². The molecule has 2 amide bonds. The molecule has 42 heavy (non-hydrogen) atoms. The van der Waals surface area contributed by atoms with Gasteiger partial charge < -0.3 is 15.4 Å². The molecule has 0 radical (unpaired) electrons. The third kappa shape index (κ3) is 6.71. The minimum Gasteiger partial charge on any atom is -0.351 e. The lowest BCUT2D eigenvalue weighted by Gasteiger charge is -2.21. The maximum absolute atomic E-state index is 13.3. The lowest BCUT2D eigenvalue weighted by molar-refractivity contribution is -0.116. The van der Waals surface area contributed by atoms with E-state index in [1.807, 2.05) is 12.1 Å². The van der Waals surface area contributed by atoms with Gasteiger partial charge in [0.05, 0.1) is 39.1 Å². The quantitative estimate of drug-likeness (QED) is 0.192. The second kappa shape index (κ2) is 12.7. The average molecular weight is 663 g/mol. The number of hydrogen-bond donors (Lipinski definition) is 4. The van der Waals surface area contributed by atoms with Crippen LogP contribution in [0.5, 0.6) is 0 Å². The highest BCUT2D eigenvalue weighted by atomic mass is 35.5. The van der Waals surface area contributed by atoms with Gasteiger partial charge in [0.1, 0.15) is 4.91 Å². The Morgan fingerprint density at radius 3 is 2.57 bits per heavy atom. The Hall–Kier alpha value is -3.61. The van der Waals surface area contributed by atoms with Crippen molar-refractivity contribution in [2.45, 2.75) is 6.42 Å². The number of nitrogens with zero attached hydrogens (tertiary/aromatic N) is 1. The summed E-state index contributed by atoms with van der Waals surface area (Å²) in [5.74, 6) is -0.914. The minimum absolute atomic E-state index is 0.00113. The third-order valence-corrected chi connectivity index (χ3v) is 9.26. The monoisotopic (exact) mass is 661 g/mol. The Kier molecular flexibility index (Phi) is 9.05. The number of rotatable bonds is 9. The number of anilines is 2. The molecular formula is C28H22Cl3N5O4S2. The van der Waals surface area contributed by atoms with E-state index in [9.17, 15) is 18.0 Å².